The van der Waals surface area contributed by atoms with Crippen LogP contribution in [0.15, 0.2) is 41.2 Å². The van der Waals surface area contributed by atoms with E-state index >= 15 is 0 Å². The molecule has 3 aromatic rings. The van der Waals surface area contributed by atoms with E-state index in [-0.39, 0.29) is 41.4 Å². The van der Waals surface area contributed by atoms with Gasteiger partial charge in [0, 0.05) is 41.0 Å². The van der Waals surface area contributed by atoms with Crippen LogP contribution in [0.3, 0.4) is 0 Å². The molecule has 0 atom stereocenters. The Balaban J connectivity index is 1.15. The Morgan fingerprint density at radius 2 is 1.58 bits per heavy atom. The molecule has 0 saturated heterocycles. The molecule has 1 aromatic carbocycles. The van der Waals surface area contributed by atoms with E-state index in [4.69, 9.17) is 9.51 Å². The quantitative estimate of drug-likeness (QED) is 0.276. The molecule has 0 spiro atoms. The van der Waals surface area contributed by atoms with Gasteiger partial charge >= 0.3 is 6.18 Å². The van der Waals surface area contributed by atoms with Crippen LogP contribution in [0.25, 0.3) is 11.1 Å². The largest absolute Gasteiger partial charge is 0.451 e. The van der Waals surface area contributed by atoms with Crippen molar-refractivity contribution in [2.45, 2.75) is 101 Å². The van der Waals surface area contributed by atoms with Crippen LogP contribution < -0.4 is 4.90 Å². The number of anilines is 1. The van der Waals surface area contributed by atoms with Gasteiger partial charge in [-0.15, -0.1) is 0 Å². The third-order valence-corrected chi connectivity index (χ3v) is 10.5. The lowest BCUT2D eigenvalue weighted by molar-refractivity contribution is -0.211. The van der Waals surface area contributed by atoms with Crippen LogP contribution in [0, 0.1) is 10.8 Å². The minimum atomic E-state index is -4.63. The molecule has 228 valence electrons. The molecule has 11 heteroatoms. The highest BCUT2D eigenvalue weighted by atomic mass is 19.4. The van der Waals surface area contributed by atoms with Crippen molar-refractivity contribution in [1.82, 2.24) is 20.1 Å². The zero-order valence-electron chi connectivity index (χ0n) is 24.6. The van der Waals surface area contributed by atoms with E-state index in [1.165, 1.54) is 0 Å². The number of amides is 1. The second-order valence-corrected chi connectivity index (χ2v) is 14.6. The number of benzene rings is 1. The Kier molecular flexibility index (Phi) is 6.00. The van der Waals surface area contributed by atoms with E-state index in [0.29, 0.717) is 29.2 Å². The molecule has 4 bridgehead atoms. The standard InChI is InChI=1S/C32H35F4N5O2/c1-27(2,3)25-39-23(40-43-25)29-10-7-28(8-11-29,9-12-29)19-41(26(42)30-16-31(33,17-30)18-30)22-6-4-5-20(13-22)21-14-37-24(38-15-21)32(34,35)36/h4-6,13-15H,7-12,16-19H2,1-3H3. The average molecular weight is 598 g/mol. The molecule has 6 saturated carbocycles. The highest BCUT2D eigenvalue weighted by Gasteiger charge is 2.73. The molecule has 0 unspecified atom stereocenters. The maximum absolute atomic E-state index is 14.5. The number of hydrogen-bond donors (Lipinski definition) is 0. The number of halogens is 4. The second-order valence-electron chi connectivity index (χ2n) is 14.6. The normalized spacial score (nSPS) is 31.3. The molecule has 6 aliphatic carbocycles. The molecule has 2 aromatic heterocycles. The first-order valence-electron chi connectivity index (χ1n) is 15.0. The molecule has 7 nitrogen and oxygen atoms in total. The van der Waals surface area contributed by atoms with Gasteiger partial charge in [0.2, 0.25) is 17.6 Å². The average Bonchev–Trinajstić information content (AvgIpc) is 3.47. The summed E-state index contributed by atoms with van der Waals surface area (Å²) < 4.78 is 59.2. The van der Waals surface area contributed by atoms with Crippen molar-refractivity contribution in [3.63, 3.8) is 0 Å². The number of carbonyl (C=O) groups excluding carboxylic acids is 1. The lowest BCUT2D eigenvalue weighted by Gasteiger charge is -2.65. The summed E-state index contributed by atoms with van der Waals surface area (Å²) in [6, 6.07) is 7.21. The highest BCUT2D eigenvalue weighted by molar-refractivity contribution is 6.00. The summed E-state index contributed by atoms with van der Waals surface area (Å²) in [5.41, 5.74) is -0.646. The summed E-state index contributed by atoms with van der Waals surface area (Å²) in [7, 11) is 0. The number of fused-ring (bicyclic) bond motifs is 3. The predicted octanol–water partition coefficient (Wildman–Crippen LogP) is 7.36. The predicted molar refractivity (Wildman–Crippen MR) is 150 cm³/mol. The molecule has 0 radical (unpaired) electrons. The smallest absolute Gasteiger partial charge is 0.339 e. The fraction of sp³-hybridized carbons (Fsp3) is 0.594. The maximum atomic E-state index is 14.5. The van der Waals surface area contributed by atoms with Crippen molar-refractivity contribution in [3.8, 4) is 11.1 Å². The highest BCUT2D eigenvalue weighted by Crippen LogP contribution is 2.70. The molecule has 0 N–H and O–H groups in total. The van der Waals surface area contributed by atoms with Crippen molar-refractivity contribution in [2.24, 2.45) is 10.8 Å². The molecule has 43 heavy (non-hydrogen) atoms. The maximum Gasteiger partial charge on any atom is 0.451 e. The van der Waals surface area contributed by atoms with E-state index in [1.54, 1.807) is 18.2 Å². The SMILES string of the molecule is CC(C)(C)c1nc(C23CCC(CN(C(=O)C45CC(F)(C4)C5)c4cccc(-c5cnc(C(F)(F)F)nc5)c4)(CC2)CC3)no1. The zero-order chi connectivity index (χ0) is 30.5. The fourth-order valence-electron chi connectivity index (χ4n) is 7.85. The molecular formula is C32H35F4N5O2. The summed E-state index contributed by atoms with van der Waals surface area (Å²) in [4.78, 5) is 27.8. The minimum Gasteiger partial charge on any atom is -0.339 e. The van der Waals surface area contributed by atoms with Crippen LogP contribution in [-0.4, -0.2) is 38.2 Å². The van der Waals surface area contributed by atoms with Crippen LogP contribution in [0.5, 0.6) is 0 Å². The summed E-state index contributed by atoms with van der Waals surface area (Å²) in [6.07, 6.45) is 3.86. The Labute approximate surface area is 247 Å². The first-order chi connectivity index (χ1) is 20.1. The Morgan fingerprint density at radius 3 is 2.12 bits per heavy atom. The molecule has 0 aliphatic heterocycles. The number of aromatic nitrogens is 4. The molecule has 9 rings (SSSR count). The summed E-state index contributed by atoms with van der Waals surface area (Å²) in [6.45, 7) is 6.67. The Morgan fingerprint density at radius 1 is 0.953 bits per heavy atom. The molecule has 6 aliphatic rings. The fourth-order valence-corrected chi connectivity index (χ4v) is 7.85. The molecule has 6 fully saturated rings. The van der Waals surface area contributed by atoms with Crippen LogP contribution in [0.1, 0.15) is 96.1 Å². The topological polar surface area (TPSA) is 85.0 Å². The molecule has 2 heterocycles. The van der Waals surface area contributed by atoms with E-state index in [0.717, 1.165) is 56.7 Å². The third kappa shape index (κ3) is 4.65. The van der Waals surface area contributed by atoms with Crippen molar-refractivity contribution in [2.75, 3.05) is 11.4 Å². The van der Waals surface area contributed by atoms with Gasteiger partial charge in [0.25, 0.3) is 0 Å². The second kappa shape index (κ2) is 9.08. The van der Waals surface area contributed by atoms with Gasteiger partial charge in [0.05, 0.1) is 5.41 Å². The van der Waals surface area contributed by atoms with Gasteiger partial charge in [0.15, 0.2) is 5.82 Å². The van der Waals surface area contributed by atoms with Gasteiger partial charge in [-0.2, -0.15) is 18.2 Å². The van der Waals surface area contributed by atoms with Gasteiger partial charge in [-0.1, -0.05) is 38.1 Å². The van der Waals surface area contributed by atoms with Crippen molar-refractivity contribution < 1.29 is 26.9 Å². The number of rotatable bonds is 6. The van der Waals surface area contributed by atoms with Crippen LogP contribution in [0.4, 0.5) is 23.2 Å². The summed E-state index contributed by atoms with van der Waals surface area (Å²) >= 11 is 0. The lowest BCUT2D eigenvalue weighted by Crippen LogP contribution is -2.71. The van der Waals surface area contributed by atoms with E-state index in [9.17, 15) is 22.4 Å². The van der Waals surface area contributed by atoms with Crippen molar-refractivity contribution in [1.29, 1.82) is 0 Å². The first kappa shape index (κ1) is 28.4. The van der Waals surface area contributed by atoms with E-state index in [2.05, 4.69) is 35.9 Å². The van der Waals surface area contributed by atoms with E-state index < -0.39 is 23.1 Å². The van der Waals surface area contributed by atoms with Crippen LogP contribution in [-0.2, 0) is 21.8 Å². The van der Waals surface area contributed by atoms with Gasteiger partial charge in [-0.3, -0.25) is 4.79 Å². The Hall–Kier alpha value is -3.37. The number of nitrogens with zero attached hydrogens (tertiary/aromatic N) is 5. The van der Waals surface area contributed by atoms with Crippen LogP contribution in [0.2, 0.25) is 0 Å². The summed E-state index contributed by atoms with van der Waals surface area (Å²) in [5.74, 6) is 0.164. The molecule has 1 amide bonds. The van der Waals surface area contributed by atoms with Crippen molar-refractivity contribution in [3.05, 3.63) is 54.2 Å². The number of hydrogen-bond acceptors (Lipinski definition) is 6. The van der Waals surface area contributed by atoms with Crippen molar-refractivity contribution >= 4 is 11.6 Å². The summed E-state index contributed by atoms with van der Waals surface area (Å²) in [5, 5.41) is 4.39. The van der Waals surface area contributed by atoms with Gasteiger partial charge in [-0.25, -0.2) is 14.4 Å². The van der Waals surface area contributed by atoms with Gasteiger partial charge in [-0.05, 0) is 80.9 Å². The van der Waals surface area contributed by atoms with Gasteiger partial charge in [0.1, 0.15) is 5.67 Å². The number of carbonyl (C=O) groups is 1. The minimum absolute atomic E-state index is 0.0578. The first-order valence-corrected chi connectivity index (χ1v) is 15.0. The third-order valence-electron chi connectivity index (χ3n) is 10.5. The van der Waals surface area contributed by atoms with E-state index in [1.807, 2.05) is 11.0 Å². The Bertz CT molecular complexity index is 1530. The van der Waals surface area contributed by atoms with Gasteiger partial charge < -0.3 is 9.42 Å². The lowest BCUT2D eigenvalue weighted by atomic mass is 9.41. The number of alkyl halides is 4. The monoisotopic (exact) mass is 597 g/mol. The van der Waals surface area contributed by atoms with Crippen LogP contribution >= 0.6 is 0 Å². The molecular weight excluding hydrogens is 562 g/mol. The zero-order valence-corrected chi connectivity index (χ0v) is 24.6.